The fourth-order valence-corrected chi connectivity index (χ4v) is 16.0. The second kappa shape index (κ2) is 11.1. The van der Waals surface area contributed by atoms with E-state index < -0.39 is 39.9 Å². The zero-order valence-electron chi connectivity index (χ0n) is 23.7. The molecule has 1 heterocycles. The van der Waals surface area contributed by atoms with Crippen molar-refractivity contribution in [3.8, 4) is 0 Å². The van der Waals surface area contributed by atoms with Crippen molar-refractivity contribution in [2.24, 2.45) is 0 Å². The molecule has 196 valence electrons. The summed E-state index contributed by atoms with van der Waals surface area (Å²) in [5.74, 6) is 2.76. The zero-order chi connectivity index (χ0) is 26.2. The predicted molar refractivity (Wildman–Crippen MR) is 158 cm³/mol. The number of hydrogen-bond acceptors (Lipinski definition) is 2. The molecule has 0 N–H and O–H groups in total. The summed E-state index contributed by atoms with van der Waals surface area (Å²) in [4.78, 5) is 0. The minimum absolute atomic E-state index is 0.484. The van der Waals surface area contributed by atoms with Gasteiger partial charge in [-0.25, -0.2) is 0 Å². The molecule has 2 nitrogen and oxygen atoms in total. The Morgan fingerprint density at radius 3 is 1.49 bits per heavy atom. The second-order valence-electron chi connectivity index (χ2n) is 12.3. The molecule has 5 rings (SSSR count). The summed E-state index contributed by atoms with van der Waals surface area (Å²) in [6.45, 7) is 14.4. The third-order valence-corrected chi connectivity index (χ3v) is 17.4. The van der Waals surface area contributed by atoms with E-state index in [0.717, 1.165) is 12.8 Å². The summed E-state index contributed by atoms with van der Waals surface area (Å²) in [6.07, 6.45) is 7.15. The molecule has 0 saturated carbocycles. The van der Waals surface area contributed by atoms with Gasteiger partial charge >= 0.3 is 240 Å². The van der Waals surface area contributed by atoms with Crippen molar-refractivity contribution in [3.05, 3.63) is 82.3 Å². The van der Waals surface area contributed by atoms with Crippen LogP contribution in [0.3, 0.4) is 0 Å². The molecular weight excluding hydrogens is 564 g/mol. The number of benzene rings is 2. The average molecular weight is 608 g/mol. The van der Waals surface area contributed by atoms with Crippen LogP contribution in [0.25, 0.3) is 11.1 Å². The number of allylic oxidation sites excluding steroid dienone is 4. The van der Waals surface area contributed by atoms with Crippen molar-refractivity contribution in [1.82, 2.24) is 0 Å². The molecule has 1 aliphatic heterocycles. The normalized spacial score (nSPS) is 20.6. The van der Waals surface area contributed by atoms with Gasteiger partial charge in [-0.15, -0.1) is 0 Å². The van der Waals surface area contributed by atoms with Crippen LogP contribution < -0.4 is 0 Å². The average Bonchev–Trinajstić information content (AvgIpc) is 3.33. The van der Waals surface area contributed by atoms with Crippen molar-refractivity contribution in [3.63, 3.8) is 0 Å². The number of fused-ring (bicyclic) bond motifs is 8. The maximum atomic E-state index is 7.24. The Balaban J connectivity index is 1.57. The molecule has 0 amide bonds. The van der Waals surface area contributed by atoms with Crippen LogP contribution in [0.2, 0.25) is 38.3 Å². The van der Waals surface area contributed by atoms with Gasteiger partial charge in [0, 0.05) is 0 Å². The van der Waals surface area contributed by atoms with Crippen molar-refractivity contribution in [2.45, 2.75) is 97.9 Å². The molecular formula is C32H44O2Si2Zr. The standard InChI is InChI=1S/C32H44O2Si2.Zr/c1-7-9-21-35(3,4)33-31-23-25-15-11-13-17-27(25)29(31)19-20-30-28-18-14-12-16-26(28)24-32(30)34-36(5,6)22-10-8-2;/h11-18,23-24H,7-10,19-22H2,1-6H3;. The fraction of sp³-hybridized carbons (Fsp3) is 0.500. The Kier molecular flexibility index (Phi) is 8.25. The molecule has 0 fully saturated rings. The van der Waals surface area contributed by atoms with Gasteiger partial charge in [-0.3, -0.25) is 0 Å². The molecule has 3 aliphatic rings. The van der Waals surface area contributed by atoms with Gasteiger partial charge in [0.25, 0.3) is 0 Å². The van der Waals surface area contributed by atoms with Gasteiger partial charge < -0.3 is 0 Å². The maximum absolute atomic E-state index is 7.24. The van der Waals surface area contributed by atoms with Crippen LogP contribution in [-0.4, -0.2) is 16.6 Å². The third-order valence-electron chi connectivity index (χ3n) is 8.31. The summed E-state index contributed by atoms with van der Waals surface area (Å²) in [5, 5.41) is 0. The number of hydrogen-bond donors (Lipinski definition) is 0. The van der Waals surface area contributed by atoms with E-state index in [2.05, 4.69) is 88.6 Å². The second-order valence-corrected chi connectivity index (χ2v) is 24.4. The van der Waals surface area contributed by atoms with Crippen molar-refractivity contribution in [2.75, 3.05) is 0 Å². The number of rotatable bonds is 10. The van der Waals surface area contributed by atoms with E-state index in [1.165, 1.54) is 71.6 Å². The van der Waals surface area contributed by atoms with Crippen LogP contribution in [0.5, 0.6) is 0 Å². The first-order chi connectivity index (χ1) is 17.7. The van der Waals surface area contributed by atoms with Crippen LogP contribution >= 0.6 is 0 Å². The Morgan fingerprint density at radius 1 is 0.676 bits per heavy atom. The molecule has 0 spiro atoms. The van der Waals surface area contributed by atoms with Gasteiger partial charge in [0.1, 0.15) is 0 Å². The summed E-state index contributed by atoms with van der Waals surface area (Å²) in [6, 6.07) is 21.0. The fourth-order valence-electron chi connectivity index (χ4n) is 6.35. The molecule has 4 bridgehead atoms. The topological polar surface area (TPSA) is 18.5 Å². The van der Waals surface area contributed by atoms with Gasteiger partial charge in [-0.05, 0) is 0 Å². The summed E-state index contributed by atoms with van der Waals surface area (Å²) < 4.78 is 15.4. The van der Waals surface area contributed by atoms with Gasteiger partial charge in [0.2, 0.25) is 0 Å². The van der Waals surface area contributed by atoms with E-state index in [1.807, 2.05) is 0 Å². The first-order valence-electron chi connectivity index (χ1n) is 14.5. The van der Waals surface area contributed by atoms with Gasteiger partial charge in [-0.2, -0.15) is 0 Å². The Morgan fingerprint density at radius 2 is 1.08 bits per heavy atom. The Labute approximate surface area is 238 Å². The number of unbranched alkanes of at least 4 members (excludes halogenated alkanes) is 2. The van der Waals surface area contributed by atoms with Crippen molar-refractivity contribution < 1.29 is 32.1 Å². The van der Waals surface area contributed by atoms with E-state index in [-0.39, 0.29) is 0 Å². The molecule has 0 aromatic heterocycles. The third kappa shape index (κ3) is 5.61. The first kappa shape index (κ1) is 27.4. The van der Waals surface area contributed by atoms with E-state index in [9.17, 15) is 0 Å². The molecule has 2 unspecified atom stereocenters. The molecule has 2 aromatic carbocycles. The SMILES string of the molecule is CCCC[Si](C)(C)OC1=C2CCC3=C(O[Si](C)(C)CCCC)[CH]([Zr][CH]1c1ccccc12)c1ccccc13. The van der Waals surface area contributed by atoms with Crippen LogP contribution in [0, 0.1) is 0 Å². The van der Waals surface area contributed by atoms with Gasteiger partial charge in [0.05, 0.1) is 0 Å². The zero-order valence-corrected chi connectivity index (χ0v) is 28.2. The van der Waals surface area contributed by atoms with E-state index in [1.54, 1.807) is 11.1 Å². The van der Waals surface area contributed by atoms with Crippen LogP contribution in [0.4, 0.5) is 0 Å². The van der Waals surface area contributed by atoms with Crippen molar-refractivity contribution in [1.29, 1.82) is 0 Å². The molecule has 2 aliphatic carbocycles. The Hall–Kier alpha value is -1.16. The minimum atomic E-state index is -1.78. The molecule has 2 atom stereocenters. The molecule has 2 aromatic rings. The molecule has 0 saturated heterocycles. The summed E-state index contributed by atoms with van der Waals surface area (Å²) >= 11 is -1.05. The summed E-state index contributed by atoms with van der Waals surface area (Å²) in [7, 11) is -3.56. The van der Waals surface area contributed by atoms with Crippen molar-refractivity contribution >= 4 is 27.8 Å². The Bertz CT molecular complexity index is 1120. The monoisotopic (exact) mass is 606 g/mol. The van der Waals surface area contributed by atoms with Gasteiger partial charge in [-0.1, -0.05) is 0 Å². The molecule has 5 heteroatoms. The molecule has 37 heavy (non-hydrogen) atoms. The van der Waals surface area contributed by atoms with Crippen LogP contribution in [0.1, 0.15) is 81.9 Å². The summed E-state index contributed by atoms with van der Waals surface area (Å²) in [5.41, 5.74) is 9.09. The van der Waals surface area contributed by atoms with Crippen LogP contribution in [-0.2, 0) is 32.1 Å². The molecule has 0 radical (unpaired) electrons. The van der Waals surface area contributed by atoms with Crippen LogP contribution in [0.15, 0.2) is 60.0 Å². The van der Waals surface area contributed by atoms with Gasteiger partial charge in [0.15, 0.2) is 0 Å². The van der Waals surface area contributed by atoms with E-state index >= 15 is 0 Å². The first-order valence-corrected chi connectivity index (χ1v) is 23.6. The van der Waals surface area contributed by atoms with E-state index in [4.69, 9.17) is 8.85 Å². The van der Waals surface area contributed by atoms with E-state index in [0.29, 0.717) is 7.25 Å². The predicted octanol–water partition coefficient (Wildman–Crippen LogP) is 9.84. The quantitative estimate of drug-likeness (QED) is 0.250.